The van der Waals surface area contributed by atoms with Crippen LogP contribution in [0.2, 0.25) is 0 Å². The first-order valence-corrected chi connectivity index (χ1v) is 7.45. The first-order chi connectivity index (χ1) is 10.6. The Morgan fingerprint density at radius 3 is 3.09 bits per heavy atom. The highest BCUT2D eigenvalue weighted by molar-refractivity contribution is 5.90. The molecule has 4 heterocycles. The summed E-state index contributed by atoms with van der Waals surface area (Å²) in [7, 11) is 0. The number of aromatic nitrogens is 2. The second-order valence-electron chi connectivity index (χ2n) is 6.15. The summed E-state index contributed by atoms with van der Waals surface area (Å²) < 4.78 is 7.80. The number of carboxylic acids is 1. The molecular weight excluding hydrogens is 286 g/mol. The molecule has 0 saturated carbocycles. The van der Waals surface area contributed by atoms with E-state index < -0.39 is 29.5 Å². The van der Waals surface area contributed by atoms with Crippen molar-refractivity contribution in [3.8, 4) is 0 Å². The summed E-state index contributed by atoms with van der Waals surface area (Å²) in [5.74, 6) is -2.37. The molecule has 3 aliphatic heterocycles. The quantitative estimate of drug-likeness (QED) is 0.782. The normalized spacial score (nSPS) is 35.4. The molecule has 3 aliphatic rings. The van der Waals surface area contributed by atoms with Crippen LogP contribution in [0, 0.1) is 11.8 Å². The molecule has 7 heteroatoms. The van der Waals surface area contributed by atoms with Gasteiger partial charge in [-0.1, -0.05) is 12.2 Å². The van der Waals surface area contributed by atoms with Crippen molar-refractivity contribution in [1.29, 1.82) is 0 Å². The van der Waals surface area contributed by atoms with E-state index >= 15 is 0 Å². The van der Waals surface area contributed by atoms with Gasteiger partial charge in [0.25, 0.3) is 0 Å². The molecule has 0 aromatic carbocycles. The fourth-order valence-electron chi connectivity index (χ4n) is 3.91. The van der Waals surface area contributed by atoms with Crippen molar-refractivity contribution >= 4 is 11.9 Å². The minimum Gasteiger partial charge on any atom is -0.481 e. The van der Waals surface area contributed by atoms with Gasteiger partial charge in [-0.05, 0) is 6.42 Å². The smallest absolute Gasteiger partial charge is 0.310 e. The zero-order valence-corrected chi connectivity index (χ0v) is 12.0. The van der Waals surface area contributed by atoms with Crippen molar-refractivity contribution in [2.75, 3.05) is 13.1 Å². The maximum atomic E-state index is 12.6. The lowest BCUT2D eigenvalue weighted by molar-refractivity contribution is -0.148. The van der Waals surface area contributed by atoms with Crippen LogP contribution in [-0.4, -0.2) is 56.2 Å². The zero-order valence-electron chi connectivity index (χ0n) is 12.0. The molecule has 1 amide bonds. The number of rotatable bonds is 5. The van der Waals surface area contributed by atoms with Gasteiger partial charge in [0.1, 0.15) is 11.5 Å². The highest BCUT2D eigenvalue weighted by Crippen LogP contribution is 2.51. The monoisotopic (exact) mass is 303 g/mol. The average molecular weight is 303 g/mol. The van der Waals surface area contributed by atoms with Crippen molar-refractivity contribution in [2.45, 2.75) is 24.7 Å². The molecule has 0 radical (unpaired) electrons. The van der Waals surface area contributed by atoms with E-state index in [0.717, 1.165) is 13.0 Å². The second kappa shape index (κ2) is 4.67. The number of imidazole rings is 1. The number of carbonyl (C=O) groups excluding carboxylic acids is 1. The number of hydrogen-bond donors (Lipinski definition) is 1. The minimum atomic E-state index is -0.949. The number of carbonyl (C=O) groups is 2. The lowest BCUT2D eigenvalue weighted by Crippen LogP contribution is -2.39. The van der Waals surface area contributed by atoms with Gasteiger partial charge >= 0.3 is 5.97 Å². The Bertz CT molecular complexity index is 641. The van der Waals surface area contributed by atoms with Crippen LogP contribution in [0.5, 0.6) is 0 Å². The van der Waals surface area contributed by atoms with Crippen LogP contribution in [0.15, 0.2) is 30.9 Å². The van der Waals surface area contributed by atoms with Crippen molar-refractivity contribution < 1.29 is 19.4 Å². The number of aryl methyl sites for hydroxylation is 1. The number of nitrogens with zero attached hydrogens (tertiary/aromatic N) is 3. The number of fused-ring (bicyclic) bond motifs is 1. The Morgan fingerprint density at radius 2 is 2.36 bits per heavy atom. The fourth-order valence-corrected chi connectivity index (χ4v) is 3.91. The number of carboxylic acid groups (broad SMARTS) is 1. The Balaban J connectivity index is 1.45. The van der Waals surface area contributed by atoms with Gasteiger partial charge in [0.2, 0.25) is 5.91 Å². The Morgan fingerprint density at radius 1 is 1.50 bits per heavy atom. The third-order valence-electron chi connectivity index (χ3n) is 4.87. The molecule has 7 nitrogen and oxygen atoms in total. The molecule has 4 atom stereocenters. The predicted octanol–water partition coefficient (Wildman–Crippen LogP) is 0.140. The fraction of sp³-hybridized carbons (Fsp3) is 0.533. The van der Waals surface area contributed by atoms with E-state index in [4.69, 9.17) is 4.74 Å². The molecule has 1 N–H and O–H groups in total. The summed E-state index contributed by atoms with van der Waals surface area (Å²) in [5.41, 5.74) is -0.722. The molecule has 22 heavy (non-hydrogen) atoms. The first kappa shape index (κ1) is 13.5. The molecule has 4 rings (SSSR count). The van der Waals surface area contributed by atoms with E-state index in [1.807, 2.05) is 16.8 Å². The predicted molar refractivity (Wildman–Crippen MR) is 74.8 cm³/mol. The van der Waals surface area contributed by atoms with Gasteiger partial charge < -0.3 is 19.3 Å². The van der Waals surface area contributed by atoms with E-state index in [1.165, 1.54) is 0 Å². The number of aliphatic carboxylic acids is 1. The molecule has 1 aromatic heterocycles. The summed E-state index contributed by atoms with van der Waals surface area (Å²) in [6, 6.07) is 0. The topological polar surface area (TPSA) is 84.7 Å². The second-order valence-corrected chi connectivity index (χ2v) is 6.15. The molecule has 2 saturated heterocycles. The maximum Gasteiger partial charge on any atom is 0.310 e. The van der Waals surface area contributed by atoms with Gasteiger partial charge in [-0.3, -0.25) is 9.59 Å². The van der Waals surface area contributed by atoms with Gasteiger partial charge in [0, 0.05) is 25.5 Å². The molecule has 0 unspecified atom stereocenters. The highest BCUT2D eigenvalue weighted by Gasteiger charge is 2.66. The lowest BCUT2D eigenvalue weighted by Gasteiger charge is -2.21. The number of ether oxygens (including phenoxy) is 1. The van der Waals surface area contributed by atoms with E-state index in [2.05, 4.69) is 4.98 Å². The SMILES string of the molecule is O=C(O)[C@H]1[C@@H]2C=C[C@@]3(CN(CCCn4ccnc4)C(=O)[C@@H]13)O2. The number of amides is 1. The number of hydrogen-bond acceptors (Lipinski definition) is 4. The van der Waals surface area contributed by atoms with E-state index in [9.17, 15) is 14.7 Å². The van der Waals surface area contributed by atoms with Crippen LogP contribution in [0.1, 0.15) is 6.42 Å². The van der Waals surface area contributed by atoms with E-state index in [-0.39, 0.29) is 5.91 Å². The molecule has 2 fully saturated rings. The van der Waals surface area contributed by atoms with Crippen LogP contribution in [0.3, 0.4) is 0 Å². The first-order valence-electron chi connectivity index (χ1n) is 7.45. The van der Waals surface area contributed by atoms with Crippen LogP contribution in [0.25, 0.3) is 0 Å². The Kier molecular flexibility index (Phi) is 2.87. The van der Waals surface area contributed by atoms with Crippen LogP contribution >= 0.6 is 0 Å². The third kappa shape index (κ3) is 1.81. The van der Waals surface area contributed by atoms with Gasteiger partial charge in [-0.15, -0.1) is 0 Å². The summed E-state index contributed by atoms with van der Waals surface area (Å²) in [4.78, 5) is 29.8. The van der Waals surface area contributed by atoms with E-state index in [1.54, 1.807) is 23.5 Å². The third-order valence-corrected chi connectivity index (χ3v) is 4.87. The van der Waals surface area contributed by atoms with Crippen molar-refractivity contribution in [3.05, 3.63) is 30.9 Å². The molecule has 116 valence electrons. The van der Waals surface area contributed by atoms with Gasteiger partial charge in [-0.25, -0.2) is 4.98 Å². The largest absolute Gasteiger partial charge is 0.481 e. The van der Waals surface area contributed by atoms with Crippen molar-refractivity contribution in [3.63, 3.8) is 0 Å². The number of likely N-dealkylation sites (tertiary alicyclic amines) is 1. The molecule has 0 aliphatic carbocycles. The standard InChI is InChI=1S/C15H17N3O4/c19-13-12-11(14(20)21)10-2-3-15(12,22-10)8-18(13)6-1-5-17-7-4-16-9-17/h2-4,7,9-12H,1,5-6,8H2,(H,20,21)/t10-,11-,12+,15-/m0/s1. The molecule has 1 spiro atoms. The van der Waals surface area contributed by atoms with E-state index in [0.29, 0.717) is 13.1 Å². The van der Waals surface area contributed by atoms with Crippen LogP contribution in [0.4, 0.5) is 0 Å². The Hall–Kier alpha value is -2.15. The van der Waals surface area contributed by atoms with Crippen molar-refractivity contribution in [1.82, 2.24) is 14.5 Å². The summed E-state index contributed by atoms with van der Waals surface area (Å²) in [6.45, 7) is 1.84. The van der Waals surface area contributed by atoms with Crippen LogP contribution in [-0.2, 0) is 20.9 Å². The van der Waals surface area contributed by atoms with Crippen LogP contribution < -0.4 is 0 Å². The average Bonchev–Trinajstić information content (AvgIpc) is 3.22. The molecule has 1 aromatic rings. The van der Waals surface area contributed by atoms with Gasteiger partial charge in [0.05, 0.1) is 24.9 Å². The summed E-state index contributed by atoms with van der Waals surface area (Å²) in [6.07, 6.45) is 9.36. The summed E-state index contributed by atoms with van der Waals surface area (Å²) >= 11 is 0. The van der Waals surface area contributed by atoms with Crippen molar-refractivity contribution in [2.24, 2.45) is 11.8 Å². The zero-order chi connectivity index (χ0) is 15.3. The minimum absolute atomic E-state index is 0.0927. The highest BCUT2D eigenvalue weighted by atomic mass is 16.5. The lowest BCUT2D eigenvalue weighted by atomic mass is 9.77. The Labute approximate surface area is 127 Å². The molecule has 2 bridgehead atoms. The van der Waals surface area contributed by atoms with Gasteiger partial charge in [-0.2, -0.15) is 0 Å². The van der Waals surface area contributed by atoms with Gasteiger partial charge in [0.15, 0.2) is 0 Å². The summed E-state index contributed by atoms with van der Waals surface area (Å²) in [5, 5.41) is 9.39. The molecular formula is C15H17N3O4. The maximum absolute atomic E-state index is 12.6.